The van der Waals surface area contributed by atoms with Crippen LogP contribution in [0, 0.1) is 5.92 Å². The first-order valence-corrected chi connectivity index (χ1v) is 13.6. The number of hydrogen-bond acceptors (Lipinski definition) is 7. The van der Waals surface area contributed by atoms with Crippen LogP contribution in [0.25, 0.3) is 0 Å². The van der Waals surface area contributed by atoms with Crippen LogP contribution in [0.4, 0.5) is 5.69 Å². The molecule has 8 nitrogen and oxygen atoms in total. The number of benzene rings is 1. The molecule has 0 bridgehead atoms. The van der Waals surface area contributed by atoms with E-state index in [9.17, 15) is 14.4 Å². The number of nitrogens with one attached hydrogen (secondary N) is 1. The molecule has 0 saturated carbocycles. The Kier molecular flexibility index (Phi) is 7.15. The number of hydrogen-bond donors (Lipinski definition) is 1. The molecular formula is C26H33N5O3S. The Hall–Kier alpha value is -2.78. The van der Waals surface area contributed by atoms with Crippen molar-refractivity contribution in [2.45, 2.75) is 45.1 Å². The summed E-state index contributed by atoms with van der Waals surface area (Å²) in [4.78, 5) is 49.5. The molecule has 2 aromatic rings. The molecule has 4 heterocycles. The first-order chi connectivity index (χ1) is 17.0. The zero-order valence-electron chi connectivity index (χ0n) is 20.2. The third-order valence-corrected chi connectivity index (χ3v) is 8.45. The van der Waals surface area contributed by atoms with Gasteiger partial charge in [0.25, 0.3) is 11.8 Å². The number of amides is 3. The van der Waals surface area contributed by atoms with Crippen LogP contribution in [0.2, 0.25) is 0 Å². The van der Waals surface area contributed by atoms with E-state index in [0.29, 0.717) is 30.8 Å². The maximum Gasteiger partial charge on any atom is 0.264 e. The maximum absolute atomic E-state index is 13.4. The average Bonchev–Trinajstić information content (AvgIpc) is 3.52. The molecule has 5 rings (SSSR count). The van der Waals surface area contributed by atoms with Crippen LogP contribution in [-0.4, -0.2) is 71.8 Å². The number of fused-ring (bicyclic) bond motifs is 1. The van der Waals surface area contributed by atoms with Crippen LogP contribution in [0.5, 0.6) is 0 Å². The van der Waals surface area contributed by atoms with E-state index in [1.165, 1.54) is 35.5 Å². The molecule has 0 radical (unpaired) electrons. The van der Waals surface area contributed by atoms with Gasteiger partial charge in [-0.2, -0.15) is 0 Å². The van der Waals surface area contributed by atoms with E-state index in [0.717, 1.165) is 43.2 Å². The number of piperidine rings is 2. The zero-order valence-corrected chi connectivity index (χ0v) is 21.1. The summed E-state index contributed by atoms with van der Waals surface area (Å²) < 4.78 is 0. The molecule has 3 aliphatic heterocycles. The quantitative estimate of drug-likeness (QED) is 0.593. The highest BCUT2D eigenvalue weighted by atomic mass is 32.1. The minimum atomic E-state index is -0.408. The molecule has 1 aromatic heterocycles. The molecular weight excluding hydrogens is 462 g/mol. The van der Waals surface area contributed by atoms with Crippen LogP contribution in [0.1, 0.15) is 70.8 Å². The summed E-state index contributed by atoms with van der Waals surface area (Å²) in [5.74, 6) is -0.406. The van der Waals surface area contributed by atoms with Crippen LogP contribution in [0.15, 0.2) is 29.8 Å². The summed E-state index contributed by atoms with van der Waals surface area (Å²) in [5.41, 5.74) is 1.72. The van der Waals surface area contributed by atoms with Gasteiger partial charge in [-0.1, -0.05) is 12.5 Å². The highest BCUT2D eigenvalue weighted by Gasteiger charge is 2.42. The van der Waals surface area contributed by atoms with Gasteiger partial charge in [0, 0.05) is 43.7 Å². The van der Waals surface area contributed by atoms with Gasteiger partial charge in [0.05, 0.1) is 22.9 Å². The molecule has 9 heteroatoms. The fraction of sp³-hybridized carbons (Fsp3) is 0.538. The molecule has 2 saturated heterocycles. The first kappa shape index (κ1) is 23.9. The number of anilines is 1. The summed E-state index contributed by atoms with van der Waals surface area (Å²) in [6.07, 6.45) is 6.99. The van der Waals surface area contributed by atoms with Gasteiger partial charge in [0.15, 0.2) is 0 Å². The fourth-order valence-electron chi connectivity index (χ4n) is 5.50. The number of nitrogens with zero attached hydrogens (tertiary/aromatic N) is 4. The van der Waals surface area contributed by atoms with Crippen LogP contribution < -0.4 is 10.2 Å². The number of aromatic nitrogens is 1. The zero-order chi connectivity index (χ0) is 24.4. The number of thiazole rings is 1. The molecule has 0 unspecified atom stereocenters. The van der Waals surface area contributed by atoms with Crippen molar-refractivity contribution in [3.8, 4) is 0 Å². The lowest BCUT2D eigenvalue weighted by Crippen LogP contribution is -2.43. The predicted molar refractivity (Wildman–Crippen MR) is 136 cm³/mol. The van der Waals surface area contributed by atoms with Crippen molar-refractivity contribution < 1.29 is 14.4 Å². The second-order valence-electron chi connectivity index (χ2n) is 9.68. The molecule has 2 fully saturated rings. The van der Waals surface area contributed by atoms with E-state index >= 15 is 0 Å². The molecule has 0 aliphatic carbocycles. The monoisotopic (exact) mass is 495 g/mol. The Balaban J connectivity index is 1.20. The van der Waals surface area contributed by atoms with E-state index in [1.54, 1.807) is 12.3 Å². The normalized spacial score (nSPS) is 20.3. The second-order valence-corrected chi connectivity index (χ2v) is 10.6. The van der Waals surface area contributed by atoms with E-state index in [-0.39, 0.29) is 23.6 Å². The number of rotatable bonds is 7. The fourth-order valence-corrected chi connectivity index (χ4v) is 6.18. The minimum absolute atomic E-state index is 0.0110. The van der Waals surface area contributed by atoms with Crippen molar-refractivity contribution >= 4 is 34.7 Å². The number of carbonyl (C=O) groups is 3. The highest BCUT2D eigenvalue weighted by Crippen LogP contribution is 2.37. The Labute approximate surface area is 210 Å². The molecule has 0 spiro atoms. The van der Waals surface area contributed by atoms with Gasteiger partial charge in [0.2, 0.25) is 5.91 Å². The van der Waals surface area contributed by atoms with Crippen LogP contribution in [0.3, 0.4) is 0 Å². The summed E-state index contributed by atoms with van der Waals surface area (Å²) in [6, 6.07) is 5.09. The molecule has 1 atom stereocenters. The predicted octanol–water partition coefficient (Wildman–Crippen LogP) is 3.32. The Morgan fingerprint density at radius 3 is 2.60 bits per heavy atom. The van der Waals surface area contributed by atoms with Gasteiger partial charge in [-0.25, -0.2) is 4.98 Å². The summed E-state index contributed by atoms with van der Waals surface area (Å²) >= 11 is 1.44. The first-order valence-electron chi connectivity index (χ1n) is 12.7. The maximum atomic E-state index is 13.4. The minimum Gasteiger partial charge on any atom is -0.371 e. The Morgan fingerprint density at radius 2 is 1.89 bits per heavy atom. The van der Waals surface area contributed by atoms with E-state index in [2.05, 4.69) is 20.1 Å². The molecule has 3 amide bonds. The second kappa shape index (κ2) is 10.5. The Bertz CT molecular complexity index is 1070. The summed E-state index contributed by atoms with van der Waals surface area (Å²) in [6.45, 7) is 7.11. The van der Waals surface area contributed by atoms with E-state index in [1.807, 2.05) is 24.4 Å². The summed E-state index contributed by atoms with van der Waals surface area (Å²) in [5, 5.41) is 5.73. The van der Waals surface area contributed by atoms with Gasteiger partial charge in [0.1, 0.15) is 5.01 Å². The van der Waals surface area contributed by atoms with Crippen molar-refractivity contribution in [2.75, 3.05) is 44.2 Å². The molecule has 1 aromatic carbocycles. The van der Waals surface area contributed by atoms with Gasteiger partial charge < -0.3 is 15.1 Å². The average molecular weight is 496 g/mol. The lowest BCUT2D eigenvalue weighted by atomic mass is 9.94. The standard InChI is InChI=1S/C26H33N5O3S/c1-18(24-28-11-17-35-24)31-25(33)20-6-5-7-21(22(20)26(31)34)30-14-8-19(9-15-30)23(32)27-10-16-29-12-3-2-4-13-29/h5-7,11,17-19H,2-4,8-10,12-16H2,1H3,(H,27,32)/t18-/m0/s1. The van der Waals surface area contributed by atoms with Gasteiger partial charge in [-0.3, -0.25) is 19.3 Å². The van der Waals surface area contributed by atoms with Crippen molar-refractivity contribution in [2.24, 2.45) is 5.92 Å². The van der Waals surface area contributed by atoms with E-state index in [4.69, 9.17) is 0 Å². The third kappa shape index (κ3) is 4.84. The number of likely N-dealkylation sites (tertiary alicyclic amines) is 1. The van der Waals surface area contributed by atoms with Crippen LogP contribution in [-0.2, 0) is 4.79 Å². The third-order valence-electron chi connectivity index (χ3n) is 7.50. The molecule has 3 aliphatic rings. The lowest BCUT2D eigenvalue weighted by molar-refractivity contribution is -0.125. The van der Waals surface area contributed by atoms with Crippen molar-refractivity contribution in [1.82, 2.24) is 20.1 Å². The van der Waals surface area contributed by atoms with Crippen molar-refractivity contribution in [3.05, 3.63) is 45.9 Å². The van der Waals surface area contributed by atoms with E-state index < -0.39 is 6.04 Å². The van der Waals surface area contributed by atoms with Gasteiger partial charge in [-0.05, 0) is 57.8 Å². The lowest BCUT2D eigenvalue weighted by Gasteiger charge is -2.34. The molecule has 1 N–H and O–H groups in total. The summed E-state index contributed by atoms with van der Waals surface area (Å²) in [7, 11) is 0. The SMILES string of the molecule is C[C@@H](c1nccs1)N1C(=O)c2cccc(N3CCC(C(=O)NCCN4CCCCC4)CC3)c2C1=O. The Morgan fingerprint density at radius 1 is 1.11 bits per heavy atom. The number of carbonyl (C=O) groups excluding carboxylic acids is 3. The smallest absolute Gasteiger partial charge is 0.264 e. The van der Waals surface area contributed by atoms with Crippen molar-refractivity contribution in [3.63, 3.8) is 0 Å². The molecule has 186 valence electrons. The number of imide groups is 1. The van der Waals surface area contributed by atoms with Crippen LogP contribution >= 0.6 is 11.3 Å². The topological polar surface area (TPSA) is 85.8 Å². The van der Waals surface area contributed by atoms with Gasteiger partial charge >= 0.3 is 0 Å². The molecule has 35 heavy (non-hydrogen) atoms. The largest absolute Gasteiger partial charge is 0.371 e. The van der Waals surface area contributed by atoms with Crippen molar-refractivity contribution in [1.29, 1.82) is 0 Å². The van der Waals surface area contributed by atoms with Gasteiger partial charge in [-0.15, -0.1) is 11.3 Å². The highest BCUT2D eigenvalue weighted by molar-refractivity contribution is 7.09.